The van der Waals surface area contributed by atoms with Crippen LogP contribution in [0.3, 0.4) is 0 Å². The normalized spacial score (nSPS) is 19.1. The van der Waals surface area contributed by atoms with Crippen molar-refractivity contribution >= 4 is 22.8 Å². The van der Waals surface area contributed by atoms with E-state index >= 15 is 0 Å². The highest BCUT2D eigenvalue weighted by molar-refractivity contribution is 8.03. The van der Waals surface area contributed by atoms with Crippen LogP contribution in [0.2, 0.25) is 0 Å². The summed E-state index contributed by atoms with van der Waals surface area (Å²) in [6, 6.07) is 4.21. The van der Waals surface area contributed by atoms with E-state index in [1.165, 1.54) is 16.0 Å². The molecule has 1 aromatic heterocycles. The van der Waals surface area contributed by atoms with Crippen molar-refractivity contribution in [1.82, 2.24) is 9.55 Å². The van der Waals surface area contributed by atoms with Crippen molar-refractivity contribution in [1.29, 1.82) is 0 Å². The molecule has 3 nitrogen and oxygen atoms in total. The molecule has 20 heavy (non-hydrogen) atoms. The van der Waals surface area contributed by atoms with Gasteiger partial charge in [-0.15, -0.1) is 0 Å². The molecule has 1 N–H and O–H groups in total. The summed E-state index contributed by atoms with van der Waals surface area (Å²) in [6.07, 6.45) is 1.31. The second kappa shape index (κ2) is 4.37. The number of aromatic nitrogens is 2. The second-order valence-corrected chi connectivity index (χ2v) is 7.50. The third kappa shape index (κ3) is 2.07. The summed E-state index contributed by atoms with van der Waals surface area (Å²) in [7, 11) is 0. The van der Waals surface area contributed by atoms with Gasteiger partial charge in [-0.05, 0) is 53.5 Å². The van der Waals surface area contributed by atoms with Gasteiger partial charge in [0.1, 0.15) is 0 Å². The molecule has 0 aliphatic carbocycles. The zero-order chi connectivity index (χ0) is 14.7. The Labute approximate surface area is 123 Å². The molecular weight excluding hydrogens is 268 g/mol. The van der Waals surface area contributed by atoms with Crippen LogP contribution in [-0.2, 0) is 0 Å². The molecule has 1 aromatic carbocycles. The minimum atomic E-state index is -0.632. The Kier molecular flexibility index (Phi) is 2.99. The van der Waals surface area contributed by atoms with Crippen LogP contribution in [0, 0.1) is 19.3 Å². The van der Waals surface area contributed by atoms with Gasteiger partial charge in [0.2, 0.25) is 0 Å². The average molecular weight is 288 g/mol. The van der Waals surface area contributed by atoms with E-state index in [2.05, 4.69) is 46.8 Å². The number of imidazole rings is 1. The minimum absolute atomic E-state index is 0.0286. The highest BCUT2D eigenvalue weighted by Gasteiger charge is 2.28. The zero-order valence-corrected chi connectivity index (χ0v) is 13.4. The molecule has 2 aromatic rings. The van der Waals surface area contributed by atoms with Crippen LogP contribution >= 0.6 is 11.8 Å². The number of allylic oxidation sites excluding steroid dienone is 1. The van der Waals surface area contributed by atoms with Crippen LogP contribution in [0.4, 0.5) is 0 Å². The van der Waals surface area contributed by atoms with E-state index < -0.39 is 6.23 Å². The van der Waals surface area contributed by atoms with Crippen molar-refractivity contribution in [3.05, 3.63) is 34.2 Å². The summed E-state index contributed by atoms with van der Waals surface area (Å²) < 4.78 is 1.92. The fourth-order valence-corrected chi connectivity index (χ4v) is 3.54. The maximum absolute atomic E-state index is 10.5. The number of aliphatic hydroxyl groups excluding tert-OH is 1. The van der Waals surface area contributed by atoms with Gasteiger partial charge < -0.3 is 5.11 Å². The molecule has 0 radical (unpaired) electrons. The molecule has 4 heteroatoms. The second-order valence-electron chi connectivity index (χ2n) is 6.49. The fraction of sp³-hybridized carbons (Fsp3) is 0.438. The number of fused-ring (bicyclic) bond motifs is 3. The van der Waals surface area contributed by atoms with Gasteiger partial charge in [-0.25, -0.2) is 4.98 Å². The maximum atomic E-state index is 10.5. The predicted molar refractivity (Wildman–Crippen MR) is 83.9 cm³/mol. The van der Waals surface area contributed by atoms with E-state index in [1.54, 1.807) is 11.8 Å². The Morgan fingerprint density at radius 1 is 1.20 bits per heavy atom. The van der Waals surface area contributed by atoms with Gasteiger partial charge in [0.15, 0.2) is 11.4 Å². The number of benzene rings is 1. The van der Waals surface area contributed by atoms with Gasteiger partial charge >= 0.3 is 0 Å². The molecule has 0 unspecified atom stereocenters. The molecule has 3 rings (SSSR count). The third-order valence-electron chi connectivity index (χ3n) is 3.78. The highest BCUT2D eigenvalue weighted by atomic mass is 32.2. The number of hydrogen-bond acceptors (Lipinski definition) is 3. The molecule has 1 aliphatic heterocycles. The molecule has 0 bridgehead atoms. The highest BCUT2D eigenvalue weighted by Crippen LogP contribution is 2.45. The first-order valence-electron chi connectivity index (χ1n) is 6.85. The van der Waals surface area contributed by atoms with E-state index in [4.69, 9.17) is 4.98 Å². The molecule has 1 atom stereocenters. The lowest BCUT2D eigenvalue weighted by Crippen LogP contribution is -2.17. The lowest BCUT2D eigenvalue weighted by Gasteiger charge is -2.28. The minimum Gasteiger partial charge on any atom is -0.369 e. The molecular formula is C16H20N2OS. The van der Waals surface area contributed by atoms with Crippen molar-refractivity contribution in [3.8, 4) is 0 Å². The number of nitrogens with zero attached hydrogens (tertiary/aromatic N) is 2. The molecule has 0 amide bonds. The largest absolute Gasteiger partial charge is 0.369 e. The van der Waals surface area contributed by atoms with E-state index in [0.717, 1.165) is 16.2 Å². The van der Waals surface area contributed by atoms with Crippen molar-refractivity contribution in [3.63, 3.8) is 0 Å². The number of aliphatic hydroxyl groups is 1. The first-order valence-corrected chi connectivity index (χ1v) is 7.66. The number of rotatable bonds is 0. The first-order chi connectivity index (χ1) is 9.27. The van der Waals surface area contributed by atoms with Gasteiger partial charge in [-0.1, -0.05) is 32.5 Å². The van der Waals surface area contributed by atoms with E-state index in [0.29, 0.717) is 0 Å². The lowest BCUT2D eigenvalue weighted by molar-refractivity contribution is 0.146. The standard InChI is InChI=1S/C16H20N2OS/c1-9-6-11-12(7-10(9)2)18-14(19)8-13(16(3,4)5)20-15(18)17-11/h6-8,14,19H,1-5H3/t14-/m0/s1. The number of thioether (sulfide) groups is 1. The van der Waals surface area contributed by atoms with Crippen molar-refractivity contribution in [2.24, 2.45) is 5.41 Å². The Hall–Kier alpha value is -1.26. The monoisotopic (exact) mass is 288 g/mol. The van der Waals surface area contributed by atoms with Crippen molar-refractivity contribution in [2.45, 2.75) is 46.0 Å². The summed E-state index contributed by atoms with van der Waals surface area (Å²) >= 11 is 1.66. The van der Waals surface area contributed by atoms with Crippen molar-refractivity contribution < 1.29 is 5.11 Å². The Bertz CT molecular complexity index is 722. The smallest absolute Gasteiger partial charge is 0.176 e. The summed E-state index contributed by atoms with van der Waals surface area (Å²) in [5.74, 6) is 0. The molecule has 0 saturated heterocycles. The van der Waals surface area contributed by atoms with Crippen LogP contribution < -0.4 is 0 Å². The van der Waals surface area contributed by atoms with Gasteiger partial charge in [-0.3, -0.25) is 4.57 Å². The zero-order valence-electron chi connectivity index (χ0n) is 12.6. The maximum Gasteiger partial charge on any atom is 0.176 e. The fourth-order valence-electron chi connectivity index (χ4n) is 2.40. The number of aryl methyl sites for hydroxylation is 2. The molecule has 0 fully saturated rings. The van der Waals surface area contributed by atoms with Gasteiger partial charge in [-0.2, -0.15) is 0 Å². The molecule has 0 spiro atoms. The van der Waals surface area contributed by atoms with Gasteiger partial charge in [0, 0.05) is 0 Å². The third-order valence-corrected chi connectivity index (χ3v) is 5.22. The Morgan fingerprint density at radius 3 is 2.50 bits per heavy atom. The van der Waals surface area contributed by atoms with Crippen LogP contribution in [0.15, 0.2) is 28.3 Å². The summed E-state index contributed by atoms with van der Waals surface area (Å²) in [5, 5.41) is 11.4. The quantitative estimate of drug-likeness (QED) is 0.790. The van der Waals surface area contributed by atoms with Crippen LogP contribution in [0.1, 0.15) is 38.1 Å². The Morgan fingerprint density at radius 2 is 1.85 bits per heavy atom. The predicted octanol–water partition coefficient (Wildman–Crippen LogP) is 4.18. The molecule has 1 aliphatic rings. The van der Waals surface area contributed by atoms with Crippen LogP contribution in [0.25, 0.3) is 11.0 Å². The topological polar surface area (TPSA) is 38.0 Å². The lowest BCUT2D eigenvalue weighted by atomic mass is 9.95. The summed E-state index contributed by atoms with van der Waals surface area (Å²) in [6.45, 7) is 10.7. The van der Waals surface area contributed by atoms with Gasteiger partial charge in [0.25, 0.3) is 0 Å². The van der Waals surface area contributed by atoms with Gasteiger partial charge in [0.05, 0.1) is 11.0 Å². The molecule has 106 valence electrons. The molecule has 0 saturated carbocycles. The van der Waals surface area contributed by atoms with Crippen LogP contribution in [0.5, 0.6) is 0 Å². The number of hydrogen-bond donors (Lipinski definition) is 1. The molecule has 2 heterocycles. The first kappa shape index (κ1) is 13.7. The Balaban J connectivity index is 2.19. The summed E-state index contributed by atoms with van der Waals surface area (Å²) in [4.78, 5) is 5.86. The van der Waals surface area contributed by atoms with E-state index in [1.807, 2.05) is 10.6 Å². The average Bonchev–Trinajstić information content (AvgIpc) is 2.66. The van der Waals surface area contributed by atoms with Crippen LogP contribution in [-0.4, -0.2) is 14.7 Å². The SMILES string of the molecule is Cc1cc2nc3n(c2cc1C)[C@@H](O)C=C(C(C)(C)C)S3. The van der Waals surface area contributed by atoms with Crippen molar-refractivity contribution in [2.75, 3.05) is 0 Å². The summed E-state index contributed by atoms with van der Waals surface area (Å²) in [5.41, 5.74) is 4.45. The van der Waals surface area contributed by atoms with E-state index in [9.17, 15) is 5.11 Å². The van der Waals surface area contributed by atoms with E-state index in [-0.39, 0.29) is 5.41 Å².